The molecule has 0 radical (unpaired) electrons. The minimum atomic E-state index is -1.71. The lowest BCUT2D eigenvalue weighted by Crippen LogP contribution is -2.54. The number of amides is 3. The molecule has 3 rings (SSSR count). The molecule has 0 unspecified atom stereocenters. The third-order valence-electron chi connectivity index (χ3n) is 5.55. The van der Waals surface area contributed by atoms with E-state index in [2.05, 4.69) is 10.6 Å². The smallest absolute Gasteiger partial charge is 0.426 e. The van der Waals surface area contributed by atoms with E-state index in [4.69, 9.17) is 0 Å². The number of carbonyl (C=O) groups excluding carboxylic acids is 3. The van der Waals surface area contributed by atoms with Crippen LogP contribution in [0.3, 0.4) is 0 Å². The van der Waals surface area contributed by atoms with Crippen molar-refractivity contribution in [1.29, 1.82) is 0 Å². The van der Waals surface area contributed by atoms with Crippen LogP contribution in [0.15, 0.2) is 30.3 Å². The van der Waals surface area contributed by atoms with E-state index in [9.17, 15) is 24.4 Å². The van der Waals surface area contributed by atoms with Crippen molar-refractivity contribution >= 4 is 24.8 Å². The summed E-state index contributed by atoms with van der Waals surface area (Å²) >= 11 is 0. The van der Waals surface area contributed by atoms with Crippen LogP contribution >= 0.6 is 0 Å². The Labute approximate surface area is 164 Å². The zero-order chi connectivity index (χ0) is 20.6. The number of nitrogens with zero attached hydrogens (tertiary/aromatic N) is 1. The molecule has 0 aliphatic carbocycles. The highest BCUT2D eigenvalue weighted by Crippen LogP contribution is 2.43. The van der Waals surface area contributed by atoms with Crippen LogP contribution in [0.5, 0.6) is 0 Å². The van der Waals surface area contributed by atoms with Crippen molar-refractivity contribution in [2.75, 3.05) is 7.05 Å². The van der Waals surface area contributed by atoms with Crippen LogP contribution in [0.4, 0.5) is 0 Å². The Hall–Kier alpha value is -2.23. The summed E-state index contributed by atoms with van der Waals surface area (Å²) in [5.74, 6) is -3.43. The number of carbonyl (C=O) groups is 3. The van der Waals surface area contributed by atoms with Gasteiger partial charge in [0.1, 0.15) is 0 Å². The van der Waals surface area contributed by atoms with E-state index in [0.717, 1.165) is 10.5 Å². The van der Waals surface area contributed by atoms with Gasteiger partial charge in [-0.25, -0.2) is 0 Å². The molecule has 1 aromatic rings. The fraction of sp³-hybridized carbons (Fsp3) is 0.526. The molecule has 2 saturated heterocycles. The fourth-order valence-corrected chi connectivity index (χ4v) is 4.20. The molecule has 3 amide bonds. The fourth-order valence-electron chi connectivity index (χ4n) is 4.20. The largest absolute Gasteiger partial charge is 0.475 e. The molecule has 4 N–H and O–H groups in total. The standard InChI is InChI=1S/C19H26BN3O5/c1-10(2)9-12(20(27)28)21-17(24)16-14-13(18(25)23(3)19(14)26)15(22-16)11-7-5-4-6-8-11/h4-8,10,12-16,22,27-28H,9H2,1-3H3,(H,21,24)/t12-,13+,14-,15+,16+/m0/s1. The summed E-state index contributed by atoms with van der Waals surface area (Å²) in [6.07, 6.45) is 0.374. The number of fused-ring (bicyclic) bond motifs is 1. The summed E-state index contributed by atoms with van der Waals surface area (Å²) in [6, 6.07) is 7.84. The number of likely N-dealkylation sites (tertiary alicyclic amines) is 1. The van der Waals surface area contributed by atoms with E-state index in [1.54, 1.807) is 0 Å². The van der Waals surface area contributed by atoms with Crippen molar-refractivity contribution in [2.24, 2.45) is 17.8 Å². The van der Waals surface area contributed by atoms with E-state index < -0.39 is 48.8 Å². The molecular weight excluding hydrogens is 361 g/mol. The number of hydrogen-bond donors (Lipinski definition) is 4. The van der Waals surface area contributed by atoms with Gasteiger partial charge in [0.15, 0.2) is 0 Å². The quantitative estimate of drug-likeness (QED) is 0.385. The predicted molar refractivity (Wildman–Crippen MR) is 102 cm³/mol. The molecule has 5 atom stereocenters. The first-order chi connectivity index (χ1) is 13.2. The molecule has 8 nitrogen and oxygen atoms in total. The maximum Gasteiger partial charge on any atom is 0.475 e. The van der Waals surface area contributed by atoms with Crippen LogP contribution < -0.4 is 10.6 Å². The van der Waals surface area contributed by atoms with Gasteiger partial charge >= 0.3 is 7.12 Å². The molecule has 2 aliphatic rings. The van der Waals surface area contributed by atoms with Crippen molar-refractivity contribution < 1.29 is 24.4 Å². The Morgan fingerprint density at radius 1 is 1.18 bits per heavy atom. The van der Waals surface area contributed by atoms with Crippen LogP contribution in [-0.2, 0) is 14.4 Å². The lowest BCUT2D eigenvalue weighted by atomic mass is 9.74. The summed E-state index contributed by atoms with van der Waals surface area (Å²) in [6.45, 7) is 3.82. The first kappa shape index (κ1) is 20.5. The second-order valence-corrected chi connectivity index (χ2v) is 7.98. The average Bonchev–Trinajstić information content (AvgIpc) is 3.15. The van der Waals surface area contributed by atoms with Crippen LogP contribution in [0.1, 0.15) is 31.9 Å². The highest BCUT2D eigenvalue weighted by molar-refractivity contribution is 6.43. The van der Waals surface area contributed by atoms with Crippen molar-refractivity contribution in [1.82, 2.24) is 15.5 Å². The van der Waals surface area contributed by atoms with E-state index in [1.807, 2.05) is 44.2 Å². The average molecular weight is 387 g/mol. The second kappa shape index (κ2) is 8.02. The molecule has 2 aliphatic heterocycles. The van der Waals surface area contributed by atoms with Crippen molar-refractivity contribution in [3.8, 4) is 0 Å². The lowest BCUT2D eigenvalue weighted by Gasteiger charge is -2.24. The van der Waals surface area contributed by atoms with E-state index in [1.165, 1.54) is 7.05 Å². The third kappa shape index (κ3) is 3.69. The summed E-state index contributed by atoms with van der Waals surface area (Å²) < 4.78 is 0. The Kier molecular flexibility index (Phi) is 5.88. The predicted octanol–water partition coefficient (Wildman–Crippen LogP) is -0.527. The summed E-state index contributed by atoms with van der Waals surface area (Å²) in [5.41, 5.74) is 0.824. The van der Waals surface area contributed by atoms with Gasteiger partial charge in [0, 0.05) is 13.1 Å². The topological polar surface area (TPSA) is 119 Å². The van der Waals surface area contributed by atoms with Gasteiger partial charge in [-0.3, -0.25) is 24.6 Å². The normalized spacial score (nSPS) is 27.9. The zero-order valence-electron chi connectivity index (χ0n) is 16.2. The highest BCUT2D eigenvalue weighted by atomic mass is 16.4. The number of nitrogens with one attached hydrogen (secondary N) is 2. The first-order valence-corrected chi connectivity index (χ1v) is 9.51. The highest BCUT2D eigenvalue weighted by Gasteiger charge is 2.60. The van der Waals surface area contributed by atoms with Gasteiger partial charge in [-0.1, -0.05) is 44.2 Å². The number of hydrogen-bond acceptors (Lipinski definition) is 6. The van der Waals surface area contributed by atoms with Gasteiger partial charge < -0.3 is 15.4 Å². The van der Waals surface area contributed by atoms with Crippen molar-refractivity contribution in [3.05, 3.63) is 35.9 Å². The summed E-state index contributed by atoms with van der Waals surface area (Å²) in [5, 5.41) is 25.0. The minimum absolute atomic E-state index is 0.134. The third-order valence-corrected chi connectivity index (χ3v) is 5.55. The van der Waals surface area contributed by atoms with Gasteiger partial charge in [-0.2, -0.15) is 0 Å². The van der Waals surface area contributed by atoms with Crippen molar-refractivity contribution in [3.63, 3.8) is 0 Å². The zero-order valence-corrected chi connectivity index (χ0v) is 16.2. The molecule has 28 heavy (non-hydrogen) atoms. The molecule has 0 bridgehead atoms. The van der Waals surface area contributed by atoms with Crippen LogP contribution in [0.2, 0.25) is 0 Å². The van der Waals surface area contributed by atoms with Crippen LogP contribution in [-0.4, -0.2) is 58.8 Å². The first-order valence-electron chi connectivity index (χ1n) is 9.51. The molecule has 150 valence electrons. The molecule has 0 spiro atoms. The number of imide groups is 1. The Morgan fingerprint density at radius 2 is 1.79 bits per heavy atom. The molecular formula is C19H26BN3O5. The van der Waals surface area contributed by atoms with E-state index >= 15 is 0 Å². The summed E-state index contributed by atoms with van der Waals surface area (Å²) in [7, 11) is -0.281. The molecule has 2 fully saturated rings. The van der Waals surface area contributed by atoms with E-state index in [-0.39, 0.29) is 11.8 Å². The monoisotopic (exact) mass is 387 g/mol. The van der Waals surface area contributed by atoms with Crippen molar-refractivity contribution in [2.45, 2.75) is 38.3 Å². The van der Waals surface area contributed by atoms with Crippen LogP contribution in [0, 0.1) is 17.8 Å². The van der Waals surface area contributed by atoms with Gasteiger partial charge in [-0.05, 0) is 17.9 Å². The lowest BCUT2D eigenvalue weighted by molar-refractivity contribution is -0.140. The van der Waals surface area contributed by atoms with Crippen LogP contribution in [0.25, 0.3) is 0 Å². The summed E-state index contributed by atoms with van der Waals surface area (Å²) in [4.78, 5) is 39.4. The molecule has 0 aromatic heterocycles. The minimum Gasteiger partial charge on any atom is -0.426 e. The second-order valence-electron chi connectivity index (χ2n) is 7.98. The molecule has 2 heterocycles. The number of benzene rings is 1. The van der Waals surface area contributed by atoms with Gasteiger partial charge in [0.05, 0.1) is 23.8 Å². The Balaban J connectivity index is 1.87. The molecule has 1 aromatic carbocycles. The van der Waals surface area contributed by atoms with Gasteiger partial charge in [0.2, 0.25) is 17.7 Å². The van der Waals surface area contributed by atoms with E-state index in [0.29, 0.717) is 6.42 Å². The molecule has 9 heteroatoms. The SMILES string of the molecule is CC(C)C[C@H](NC(=O)[C@@H]1N[C@H](c2ccccc2)[C@@H]2C(=O)N(C)C(=O)[C@@H]21)B(O)O. The number of rotatable bonds is 6. The Bertz CT molecular complexity index is 757. The van der Waals surface area contributed by atoms with Gasteiger partial charge in [0.25, 0.3) is 0 Å². The van der Waals surface area contributed by atoms with Gasteiger partial charge in [-0.15, -0.1) is 0 Å². The maximum absolute atomic E-state index is 12.9. The molecule has 0 saturated carbocycles. The Morgan fingerprint density at radius 3 is 2.36 bits per heavy atom. The maximum atomic E-state index is 12.9.